The fourth-order valence-electron chi connectivity index (χ4n) is 1.77. The van der Waals surface area contributed by atoms with Crippen LogP contribution in [0.2, 0.25) is 0 Å². The van der Waals surface area contributed by atoms with Crippen LogP contribution in [-0.4, -0.2) is 21.0 Å². The highest BCUT2D eigenvalue weighted by Gasteiger charge is 2.11. The number of amides is 1. The van der Waals surface area contributed by atoms with Crippen molar-refractivity contribution in [2.75, 3.05) is 5.32 Å². The normalized spacial score (nSPS) is 10.5. The largest absolute Gasteiger partial charge is 0.508 e. The maximum Gasteiger partial charge on any atom is 0.269 e. The molecule has 0 radical (unpaired) electrons. The van der Waals surface area contributed by atoms with Crippen LogP contribution >= 0.6 is 22.7 Å². The van der Waals surface area contributed by atoms with E-state index in [0.717, 1.165) is 16.8 Å². The molecule has 1 aromatic carbocycles. The molecule has 0 spiro atoms. The Hall–Kier alpha value is -2.25. The lowest BCUT2D eigenvalue weighted by molar-refractivity contribution is 0.103. The van der Waals surface area contributed by atoms with Gasteiger partial charge in [-0.25, -0.2) is 4.98 Å². The van der Waals surface area contributed by atoms with Crippen LogP contribution < -0.4 is 5.32 Å². The van der Waals surface area contributed by atoms with Crippen LogP contribution in [0.5, 0.6) is 5.75 Å². The molecule has 2 heterocycles. The molecule has 0 aliphatic rings. The summed E-state index contributed by atoms with van der Waals surface area (Å²) < 4.78 is 0. The summed E-state index contributed by atoms with van der Waals surface area (Å²) in [5.74, 6) is 0.0491. The van der Waals surface area contributed by atoms with Gasteiger partial charge in [0.25, 0.3) is 5.91 Å². The third-order valence-electron chi connectivity index (χ3n) is 2.87. The van der Waals surface area contributed by atoms with E-state index in [1.807, 2.05) is 18.4 Å². The Morgan fingerprint density at radius 3 is 2.90 bits per heavy atom. The van der Waals surface area contributed by atoms with Crippen LogP contribution in [-0.2, 0) is 0 Å². The fraction of sp³-hybridized carbons (Fsp3) is 0.0714. The first kappa shape index (κ1) is 13.7. The number of aryl methyl sites for hydroxylation is 1. The monoisotopic (exact) mass is 317 g/mol. The first-order valence-electron chi connectivity index (χ1n) is 6.09. The summed E-state index contributed by atoms with van der Waals surface area (Å²) in [7, 11) is 0. The lowest BCUT2D eigenvalue weighted by Crippen LogP contribution is -2.09. The van der Waals surface area contributed by atoms with Gasteiger partial charge in [-0.3, -0.25) is 15.1 Å². The van der Waals surface area contributed by atoms with Crippen molar-refractivity contribution in [2.45, 2.75) is 6.92 Å². The van der Waals surface area contributed by atoms with E-state index in [2.05, 4.69) is 15.3 Å². The second kappa shape index (κ2) is 5.63. The first-order chi connectivity index (χ1) is 10.1. The zero-order chi connectivity index (χ0) is 14.8. The molecule has 106 valence electrons. The van der Waals surface area contributed by atoms with Crippen molar-refractivity contribution < 1.29 is 9.90 Å². The molecule has 1 amide bonds. The smallest absolute Gasteiger partial charge is 0.269 e. The number of aromatic nitrogens is 2. The van der Waals surface area contributed by atoms with Gasteiger partial charge in [-0.05, 0) is 30.7 Å². The SMILES string of the molecule is Cc1cc(-c2csc(NC(=O)c3cncs3)n2)ccc1O. The molecule has 0 unspecified atom stereocenters. The Morgan fingerprint density at radius 1 is 1.33 bits per heavy atom. The minimum Gasteiger partial charge on any atom is -0.508 e. The Morgan fingerprint density at radius 2 is 2.19 bits per heavy atom. The van der Waals surface area contributed by atoms with Crippen molar-refractivity contribution in [1.29, 1.82) is 0 Å². The summed E-state index contributed by atoms with van der Waals surface area (Å²) in [6.07, 6.45) is 1.53. The van der Waals surface area contributed by atoms with Crippen LogP contribution in [0.25, 0.3) is 11.3 Å². The Kier molecular flexibility index (Phi) is 3.68. The zero-order valence-corrected chi connectivity index (χ0v) is 12.7. The van der Waals surface area contributed by atoms with E-state index in [1.165, 1.54) is 28.9 Å². The van der Waals surface area contributed by atoms with Gasteiger partial charge in [0.2, 0.25) is 0 Å². The second-order valence-electron chi connectivity index (χ2n) is 4.36. The van der Waals surface area contributed by atoms with Crippen molar-refractivity contribution in [2.24, 2.45) is 0 Å². The van der Waals surface area contributed by atoms with Gasteiger partial charge >= 0.3 is 0 Å². The van der Waals surface area contributed by atoms with E-state index < -0.39 is 0 Å². The van der Waals surface area contributed by atoms with E-state index in [-0.39, 0.29) is 11.7 Å². The molecule has 2 aromatic heterocycles. The summed E-state index contributed by atoms with van der Waals surface area (Å²) in [4.78, 5) is 20.7. The number of aromatic hydroxyl groups is 1. The number of hydrogen-bond donors (Lipinski definition) is 2. The molecular weight excluding hydrogens is 306 g/mol. The molecule has 3 rings (SSSR count). The van der Waals surface area contributed by atoms with E-state index >= 15 is 0 Å². The van der Waals surface area contributed by atoms with Gasteiger partial charge in [-0.15, -0.1) is 22.7 Å². The number of rotatable bonds is 3. The highest BCUT2D eigenvalue weighted by Crippen LogP contribution is 2.28. The standard InChI is InChI=1S/C14H11N3O2S2/c1-8-4-9(2-3-11(8)18)10-6-20-14(16-10)17-13(19)12-5-15-7-21-12/h2-7,18H,1H3,(H,16,17,19). The number of phenols is 1. The van der Waals surface area contributed by atoms with Crippen LogP contribution in [0, 0.1) is 6.92 Å². The lowest BCUT2D eigenvalue weighted by atomic mass is 10.1. The van der Waals surface area contributed by atoms with Crippen molar-refractivity contribution in [1.82, 2.24) is 9.97 Å². The minimum absolute atomic E-state index is 0.208. The number of carbonyl (C=O) groups excluding carboxylic acids is 1. The Balaban J connectivity index is 1.80. The van der Waals surface area contributed by atoms with Gasteiger partial charge in [0.15, 0.2) is 5.13 Å². The number of carbonyl (C=O) groups is 1. The Labute approximate surface area is 129 Å². The maximum absolute atomic E-state index is 11.9. The lowest BCUT2D eigenvalue weighted by Gasteiger charge is -2.01. The van der Waals surface area contributed by atoms with Crippen molar-refractivity contribution in [3.8, 4) is 17.0 Å². The first-order valence-corrected chi connectivity index (χ1v) is 7.85. The number of anilines is 1. The van der Waals surface area contributed by atoms with Crippen molar-refractivity contribution >= 4 is 33.7 Å². The average molecular weight is 317 g/mol. The molecule has 0 saturated carbocycles. The van der Waals surface area contributed by atoms with E-state index in [1.54, 1.807) is 17.6 Å². The van der Waals surface area contributed by atoms with Gasteiger partial charge < -0.3 is 5.11 Å². The molecule has 0 saturated heterocycles. The zero-order valence-electron chi connectivity index (χ0n) is 11.0. The van der Waals surface area contributed by atoms with Crippen LogP contribution in [0.4, 0.5) is 5.13 Å². The molecule has 0 aliphatic heterocycles. The van der Waals surface area contributed by atoms with Gasteiger partial charge in [-0.2, -0.15) is 0 Å². The van der Waals surface area contributed by atoms with E-state index in [4.69, 9.17) is 0 Å². The molecule has 0 atom stereocenters. The number of phenolic OH excluding ortho intramolecular Hbond substituents is 1. The molecule has 2 N–H and O–H groups in total. The average Bonchev–Trinajstić information content (AvgIpc) is 3.12. The molecular formula is C14H11N3O2S2. The molecule has 5 nitrogen and oxygen atoms in total. The van der Waals surface area contributed by atoms with Crippen LogP contribution in [0.1, 0.15) is 15.2 Å². The summed E-state index contributed by atoms with van der Waals surface area (Å²) >= 11 is 2.64. The third-order valence-corrected chi connectivity index (χ3v) is 4.40. The molecule has 21 heavy (non-hydrogen) atoms. The minimum atomic E-state index is -0.208. The summed E-state index contributed by atoms with van der Waals surface area (Å²) in [5.41, 5.74) is 4.07. The molecule has 3 aromatic rings. The summed E-state index contributed by atoms with van der Waals surface area (Å²) in [5, 5.41) is 14.7. The summed E-state index contributed by atoms with van der Waals surface area (Å²) in [6, 6.07) is 5.30. The van der Waals surface area contributed by atoms with E-state index in [0.29, 0.717) is 10.0 Å². The molecule has 0 fully saturated rings. The van der Waals surface area contributed by atoms with Crippen LogP contribution in [0.3, 0.4) is 0 Å². The number of thiazole rings is 2. The number of hydrogen-bond acceptors (Lipinski definition) is 6. The van der Waals surface area contributed by atoms with Crippen molar-refractivity contribution in [3.63, 3.8) is 0 Å². The number of nitrogens with zero attached hydrogens (tertiary/aromatic N) is 2. The summed E-state index contributed by atoms with van der Waals surface area (Å²) in [6.45, 7) is 1.83. The van der Waals surface area contributed by atoms with Gasteiger partial charge in [-0.1, -0.05) is 0 Å². The van der Waals surface area contributed by atoms with E-state index in [9.17, 15) is 9.90 Å². The fourth-order valence-corrected chi connectivity index (χ4v) is 2.99. The predicted octanol–water partition coefficient (Wildman–Crippen LogP) is 3.53. The molecule has 7 heteroatoms. The predicted molar refractivity (Wildman–Crippen MR) is 84.0 cm³/mol. The second-order valence-corrected chi connectivity index (χ2v) is 6.10. The van der Waals surface area contributed by atoms with Crippen LogP contribution in [0.15, 0.2) is 35.3 Å². The molecule has 0 aliphatic carbocycles. The van der Waals surface area contributed by atoms with Gasteiger partial charge in [0.1, 0.15) is 10.6 Å². The number of benzene rings is 1. The molecule has 0 bridgehead atoms. The van der Waals surface area contributed by atoms with Gasteiger partial charge in [0, 0.05) is 10.9 Å². The highest BCUT2D eigenvalue weighted by molar-refractivity contribution is 7.14. The highest BCUT2D eigenvalue weighted by atomic mass is 32.1. The third kappa shape index (κ3) is 2.93. The van der Waals surface area contributed by atoms with Crippen molar-refractivity contribution in [3.05, 3.63) is 45.7 Å². The Bertz CT molecular complexity index is 781. The maximum atomic E-state index is 11.9. The van der Waals surface area contributed by atoms with Gasteiger partial charge in [0.05, 0.1) is 17.4 Å². The quantitative estimate of drug-likeness (QED) is 0.775. The number of nitrogens with one attached hydrogen (secondary N) is 1. The topological polar surface area (TPSA) is 75.1 Å².